The normalized spacial score (nSPS) is 10.8. The van der Waals surface area contributed by atoms with Crippen LogP contribution in [0.3, 0.4) is 0 Å². The van der Waals surface area contributed by atoms with Crippen LogP contribution < -0.4 is 5.32 Å². The number of halogens is 2. The van der Waals surface area contributed by atoms with Gasteiger partial charge in [0.15, 0.2) is 0 Å². The number of carbonyl (C=O) groups is 1. The monoisotopic (exact) mass is 312 g/mol. The molecule has 0 aliphatic carbocycles. The molecule has 3 rings (SSSR count). The topological polar surface area (TPSA) is 42.0 Å². The molecule has 0 spiro atoms. The second kappa shape index (κ2) is 5.76. The molecule has 1 amide bonds. The summed E-state index contributed by atoms with van der Waals surface area (Å²) < 4.78 is 26.5. The van der Waals surface area contributed by atoms with Crippen LogP contribution in [0.1, 0.15) is 21.6 Å². The molecule has 5 heteroatoms. The Bertz CT molecular complexity index is 917. The van der Waals surface area contributed by atoms with Crippen LogP contribution in [0.5, 0.6) is 0 Å². The van der Waals surface area contributed by atoms with Crippen molar-refractivity contribution in [2.24, 2.45) is 0 Å². The molecule has 1 heterocycles. The summed E-state index contributed by atoms with van der Waals surface area (Å²) in [4.78, 5) is 16.8. The van der Waals surface area contributed by atoms with E-state index in [2.05, 4.69) is 10.3 Å². The number of aryl methyl sites for hydroxylation is 2. The lowest BCUT2D eigenvalue weighted by molar-refractivity contribution is 0.102. The Kier molecular flexibility index (Phi) is 3.78. The Morgan fingerprint density at radius 2 is 1.70 bits per heavy atom. The largest absolute Gasteiger partial charge is 0.322 e. The molecule has 1 N–H and O–H groups in total. The van der Waals surface area contributed by atoms with Crippen LogP contribution in [0.25, 0.3) is 10.9 Å². The number of amides is 1. The van der Waals surface area contributed by atoms with Crippen molar-refractivity contribution in [2.75, 3.05) is 5.32 Å². The molecule has 0 aliphatic heterocycles. The standard InChI is InChI=1S/C18H14F2N2O/c1-10-7-12(19)4-6-16(10)22-18(23)15-8-11(2)21-17-9-13(20)3-5-14(15)17/h3-9H,1-2H3,(H,22,23). The van der Waals surface area contributed by atoms with Crippen LogP contribution in [0, 0.1) is 25.5 Å². The lowest BCUT2D eigenvalue weighted by Crippen LogP contribution is -2.14. The summed E-state index contributed by atoms with van der Waals surface area (Å²) in [7, 11) is 0. The molecular formula is C18H14F2N2O. The van der Waals surface area contributed by atoms with Crippen molar-refractivity contribution < 1.29 is 13.6 Å². The Labute approximate surface area is 132 Å². The van der Waals surface area contributed by atoms with Gasteiger partial charge in [0.05, 0.1) is 11.1 Å². The van der Waals surface area contributed by atoms with E-state index in [1.165, 1.54) is 36.4 Å². The van der Waals surface area contributed by atoms with Crippen LogP contribution in [-0.4, -0.2) is 10.9 Å². The number of anilines is 1. The van der Waals surface area contributed by atoms with Gasteiger partial charge in [-0.15, -0.1) is 0 Å². The Morgan fingerprint density at radius 3 is 2.43 bits per heavy atom. The van der Waals surface area contributed by atoms with Crippen molar-refractivity contribution in [1.82, 2.24) is 4.98 Å². The van der Waals surface area contributed by atoms with Crippen LogP contribution in [-0.2, 0) is 0 Å². The number of rotatable bonds is 2. The molecule has 2 aromatic carbocycles. The maximum atomic E-state index is 13.4. The van der Waals surface area contributed by atoms with Crippen LogP contribution in [0.15, 0.2) is 42.5 Å². The van der Waals surface area contributed by atoms with Crippen molar-refractivity contribution in [2.45, 2.75) is 13.8 Å². The third kappa shape index (κ3) is 3.04. The summed E-state index contributed by atoms with van der Waals surface area (Å²) in [5.74, 6) is -1.11. The number of aromatic nitrogens is 1. The minimum absolute atomic E-state index is 0.346. The lowest BCUT2D eigenvalue weighted by Gasteiger charge is -2.11. The minimum Gasteiger partial charge on any atom is -0.322 e. The van der Waals surface area contributed by atoms with Gasteiger partial charge in [0.25, 0.3) is 5.91 Å². The molecule has 0 radical (unpaired) electrons. The Morgan fingerprint density at radius 1 is 1.00 bits per heavy atom. The maximum Gasteiger partial charge on any atom is 0.256 e. The zero-order valence-corrected chi connectivity index (χ0v) is 12.7. The first-order valence-electron chi connectivity index (χ1n) is 7.08. The molecule has 0 bridgehead atoms. The molecule has 116 valence electrons. The summed E-state index contributed by atoms with van der Waals surface area (Å²) >= 11 is 0. The molecule has 0 aliphatic rings. The van der Waals surface area contributed by atoms with E-state index in [0.717, 1.165) is 0 Å². The van der Waals surface area contributed by atoms with Crippen molar-refractivity contribution in [1.29, 1.82) is 0 Å². The van der Waals surface area contributed by atoms with E-state index in [4.69, 9.17) is 0 Å². The zero-order valence-electron chi connectivity index (χ0n) is 12.7. The fraction of sp³-hybridized carbons (Fsp3) is 0.111. The Hall–Kier alpha value is -2.82. The van der Waals surface area contributed by atoms with E-state index >= 15 is 0 Å². The number of nitrogens with one attached hydrogen (secondary N) is 1. The smallest absolute Gasteiger partial charge is 0.256 e. The first-order chi connectivity index (χ1) is 10.9. The van der Waals surface area contributed by atoms with Gasteiger partial charge in [0, 0.05) is 22.8 Å². The molecule has 23 heavy (non-hydrogen) atoms. The van der Waals surface area contributed by atoms with E-state index in [-0.39, 0.29) is 11.7 Å². The van der Waals surface area contributed by atoms with Crippen molar-refractivity contribution in [3.05, 3.63) is 70.9 Å². The second-order valence-corrected chi connectivity index (χ2v) is 5.39. The highest BCUT2D eigenvalue weighted by molar-refractivity contribution is 6.12. The molecule has 3 nitrogen and oxygen atoms in total. The quantitative estimate of drug-likeness (QED) is 0.763. The third-order valence-electron chi connectivity index (χ3n) is 3.58. The number of pyridine rings is 1. The van der Waals surface area contributed by atoms with Gasteiger partial charge in [-0.1, -0.05) is 0 Å². The van der Waals surface area contributed by atoms with E-state index in [1.807, 2.05) is 0 Å². The summed E-state index contributed by atoms with van der Waals surface area (Å²) in [5.41, 5.74) is 2.59. The van der Waals surface area contributed by atoms with Crippen molar-refractivity contribution in [3.8, 4) is 0 Å². The van der Waals surface area contributed by atoms with E-state index in [9.17, 15) is 13.6 Å². The molecule has 1 aromatic heterocycles. The molecule has 0 saturated carbocycles. The molecule has 3 aromatic rings. The summed E-state index contributed by atoms with van der Waals surface area (Å²) in [6.07, 6.45) is 0. The zero-order chi connectivity index (χ0) is 16.6. The lowest BCUT2D eigenvalue weighted by atomic mass is 10.1. The SMILES string of the molecule is Cc1cc(C(=O)Nc2ccc(F)cc2C)c2ccc(F)cc2n1. The number of carbonyl (C=O) groups excluding carboxylic acids is 1. The fourth-order valence-electron chi connectivity index (χ4n) is 2.48. The van der Waals surface area contributed by atoms with Gasteiger partial charge in [-0.25, -0.2) is 8.78 Å². The number of hydrogen-bond donors (Lipinski definition) is 1. The minimum atomic E-state index is -0.406. The number of nitrogens with zero attached hydrogens (tertiary/aromatic N) is 1. The highest BCUT2D eigenvalue weighted by atomic mass is 19.1. The summed E-state index contributed by atoms with van der Waals surface area (Å²) in [6.45, 7) is 3.45. The molecule has 0 saturated heterocycles. The fourth-order valence-corrected chi connectivity index (χ4v) is 2.48. The van der Waals surface area contributed by atoms with E-state index in [1.54, 1.807) is 19.9 Å². The van der Waals surface area contributed by atoms with Gasteiger partial charge in [-0.3, -0.25) is 9.78 Å². The maximum absolute atomic E-state index is 13.4. The van der Waals surface area contributed by atoms with Crippen molar-refractivity contribution in [3.63, 3.8) is 0 Å². The molecular weight excluding hydrogens is 298 g/mol. The number of fused-ring (bicyclic) bond motifs is 1. The van der Waals surface area contributed by atoms with Gasteiger partial charge in [-0.2, -0.15) is 0 Å². The first kappa shape index (κ1) is 15.1. The van der Waals surface area contributed by atoms with Crippen LogP contribution in [0.2, 0.25) is 0 Å². The third-order valence-corrected chi connectivity index (χ3v) is 3.58. The van der Waals surface area contributed by atoms with Crippen LogP contribution >= 0.6 is 0 Å². The number of hydrogen-bond acceptors (Lipinski definition) is 2. The van der Waals surface area contributed by atoms with Crippen molar-refractivity contribution >= 4 is 22.5 Å². The summed E-state index contributed by atoms with van der Waals surface area (Å²) in [6, 6.07) is 9.91. The predicted molar refractivity (Wildman–Crippen MR) is 85.5 cm³/mol. The highest BCUT2D eigenvalue weighted by Gasteiger charge is 2.14. The Balaban J connectivity index is 2.03. The average molecular weight is 312 g/mol. The number of benzene rings is 2. The summed E-state index contributed by atoms with van der Waals surface area (Å²) in [5, 5.41) is 3.32. The molecule has 0 atom stereocenters. The second-order valence-electron chi connectivity index (χ2n) is 5.39. The first-order valence-corrected chi connectivity index (χ1v) is 7.08. The highest BCUT2D eigenvalue weighted by Crippen LogP contribution is 2.22. The van der Waals surface area contributed by atoms with Gasteiger partial charge in [-0.05, 0) is 55.8 Å². The van der Waals surface area contributed by atoms with Gasteiger partial charge < -0.3 is 5.32 Å². The van der Waals surface area contributed by atoms with Gasteiger partial charge in [0.1, 0.15) is 11.6 Å². The van der Waals surface area contributed by atoms with Gasteiger partial charge in [0.2, 0.25) is 0 Å². The van der Waals surface area contributed by atoms with Gasteiger partial charge >= 0.3 is 0 Å². The molecule has 0 unspecified atom stereocenters. The van der Waals surface area contributed by atoms with Crippen LogP contribution in [0.4, 0.5) is 14.5 Å². The van der Waals surface area contributed by atoms with E-state index in [0.29, 0.717) is 33.4 Å². The predicted octanol–water partition coefficient (Wildman–Crippen LogP) is 4.38. The average Bonchev–Trinajstić information content (AvgIpc) is 2.48. The molecule has 0 fully saturated rings. The van der Waals surface area contributed by atoms with E-state index < -0.39 is 5.82 Å².